The molecule has 0 bridgehead atoms. The molecule has 2 aromatic rings. The molecule has 0 aliphatic carbocycles. The Labute approximate surface area is 126 Å². The SMILES string of the molecule is CNc1ncnc(NC(C)c2cc(C)oc2C)c1C(C)C. The zero-order chi connectivity index (χ0) is 15.6. The molecule has 2 aromatic heterocycles. The number of nitrogens with one attached hydrogen (secondary N) is 2. The number of hydrogen-bond acceptors (Lipinski definition) is 5. The lowest BCUT2D eigenvalue weighted by atomic mass is 10.0. The zero-order valence-electron chi connectivity index (χ0n) is 13.6. The molecular formula is C16H24N4O. The summed E-state index contributed by atoms with van der Waals surface area (Å²) in [6.07, 6.45) is 1.58. The Morgan fingerprint density at radius 1 is 1.10 bits per heavy atom. The van der Waals surface area contributed by atoms with Crippen LogP contribution in [0.1, 0.15) is 55.4 Å². The third-order valence-electron chi connectivity index (χ3n) is 3.60. The van der Waals surface area contributed by atoms with Crippen molar-refractivity contribution in [3.63, 3.8) is 0 Å². The monoisotopic (exact) mass is 288 g/mol. The van der Waals surface area contributed by atoms with Crippen molar-refractivity contribution in [2.45, 2.75) is 46.6 Å². The minimum atomic E-state index is 0.125. The lowest BCUT2D eigenvalue weighted by molar-refractivity contribution is 0.499. The largest absolute Gasteiger partial charge is 0.466 e. The molecule has 0 aliphatic heterocycles. The topological polar surface area (TPSA) is 63.0 Å². The molecule has 0 amide bonds. The summed E-state index contributed by atoms with van der Waals surface area (Å²) in [5.41, 5.74) is 2.26. The van der Waals surface area contributed by atoms with Gasteiger partial charge in [-0.15, -0.1) is 0 Å². The van der Waals surface area contributed by atoms with E-state index in [9.17, 15) is 0 Å². The van der Waals surface area contributed by atoms with Crippen molar-refractivity contribution in [2.75, 3.05) is 17.7 Å². The summed E-state index contributed by atoms with van der Waals surface area (Å²) >= 11 is 0. The molecule has 2 heterocycles. The van der Waals surface area contributed by atoms with Gasteiger partial charge < -0.3 is 15.1 Å². The molecule has 0 saturated carbocycles. The highest BCUT2D eigenvalue weighted by Crippen LogP contribution is 2.31. The van der Waals surface area contributed by atoms with E-state index in [4.69, 9.17) is 4.42 Å². The van der Waals surface area contributed by atoms with Crippen molar-refractivity contribution in [2.24, 2.45) is 0 Å². The van der Waals surface area contributed by atoms with Gasteiger partial charge in [0, 0.05) is 18.2 Å². The van der Waals surface area contributed by atoms with Gasteiger partial charge in [0.25, 0.3) is 0 Å². The first kappa shape index (κ1) is 15.4. The van der Waals surface area contributed by atoms with Crippen molar-refractivity contribution >= 4 is 11.6 Å². The second-order valence-corrected chi connectivity index (χ2v) is 5.62. The quantitative estimate of drug-likeness (QED) is 0.870. The van der Waals surface area contributed by atoms with Gasteiger partial charge >= 0.3 is 0 Å². The normalized spacial score (nSPS) is 12.5. The summed E-state index contributed by atoms with van der Waals surface area (Å²) in [7, 11) is 1.88. The first-order valence-corrected chi connectivity index (χ1v) is 7.30. The summed E-state index contributed by atoms with van der Waals surface area (Å²) in [4.78, 5) is 8.72. The van der Waals surface area contributed by atoms with E-state index in [0.717, 1.165) is 34.3 Å². The van der Waals surface area contributed by atoms with Gasteiger partial charge in [0.1, 0.15) is 29.5 Å². The fourth-order valence-electron chi connectivity index (χ4n) is 2.62. The Kier molecular flexibility index (Phi) is 4.50. The predicted octanol–water partition coefficient (Wildman–Crippen LogP) is 4.02. The summed E-state index contributed by atoms with van der Waals surface area (Å²) in [5.74, 6) is 3.95. The highest BCUT2D eigenvalue weighted by atomic mass is 16.3. The van der Waals surface area contributed by atoms with Crippen molar-refractivity contribution in [3.05, 3.63) is 35.0 Å². The molecule has 0 fully saturated rings. The number of nitrogens with zero attached hydrogens (tertiary/aromatic N) is 2. The summed E-state index contributed by atoms with van der Waals surface area (Å²) in [6, 6.07) is 2.20. The zero-order valence-corrected chi connectivity index (χ0v) is 13.6. The molecule has 0 aromatic carbocycles. The average molecular weight is 288 g/mol. The molecule has 2 N–H and O–H groups in total. The first-order valence-electron chi connectivity index (χ1n) is 7.30. The predicted molar refractivity (Wildman–Crippen MR) is 85.9 cm³/mol. The standard InChI is InChI=1S/C16H24N4O/c1-9(2)14-15(17-6)18-8-19-16(14)20-11(4)13-7-10(3)21-12(13)5/h7-9,11H,1-6H3,(H2,17,18,19,20). The highest BCUT2D eigenvalue weighted by Gasteiger charge is 2.18. The molecule has 114 valence electrons. The van der Waals surface area contributed by atoms with Crippen LogP contribution in [0.5, 0.6) is 0 Å². The lowest BCUT2D eigenvalue weighted by Crippen LogP contribution is -2.13. The number of rotatable bonds is 5. The van der Waals surface area contributed by atoms with Gasteiger partial charge in [-0.2, -0.15) is 0 Å². The fraction of sp³-hybridized carbons (Fsp3) is 0.500. The Hall–Kier alpha value is -2.04. The third-order valence-corrected chi connectivity index (χ3v) is 3.60. The van der Waals surface area contributed by atoms with E-state index in [1.165, 1.54) is 0 Å². The molecule has 21 heavy (non-hydrogen) atoms. The fourth-order valence-corrected chi connectivity index (χ4v) is 2.62. The number of hydrogen-bond donors (Lipinski definition) is 2. The summed E-state index contributed by atoms with van der Waals surface area (Å²) in [5, 5.41) is 6.62. The third kappa shape index (κ3) is 3.17. The van der Waals surface area contributed by atoms with Gasteiger partial charge in [0.2, 0.25) is 0 Å². The molecule has 5 nitrogen and oxygen atoms in total. The van der Waals surface area contributed by atoms with Gasteiger partial charge in [0.05, 0.1) is 6.04 Å². The van der Waals surface area contributed by atoms with Crippen molar-refractivity contribution < 1.29 is 4.42 Å². The second-order valence-electron chi connectivity index (χ2n) is 5.62. The molecule has 0 aliphatic rings. The number of aryl methyl sites for hydroxylation is 2. The average Bonchev–Trinajstić information content (AvgIpc) is 2.77. The Morgan fingerprint density at radius 2 is 1.76 bits per heavy atom. The second kappa shape index (κ2) is 6.16. The van der Waals surface area contributed by atoms with Crippen LogP contribution in [0.3, 0.4) is 0 Å². The van der Waals surface area contributed by atoms with E-state index >= 15 is 0 Å². The van der Waals surface area contributed by atoms with Crippen LogP contribution >= 0.6 is 0 Å². The van der Waals surface area contributed by atoms with E-state index in [1.54, 1.807) is 6.33 Å². The molecule has 0 radical (unpaired) electrons. The Balaban J connectivity index is 2.33. The molecule has 2 rings (SSSR count). The first-order chi connectivity index (χ1) is 9.93. The van der Waals surface area contributed by atoms with Gasteiger partial charge in [-0.1, -0.05) is 13.8 Å². The maximum atomic E-state index is 5.61. The number of anilines is 2. The molecule has 1 unspecified atom stereocenters. The van der Waals surface area contributed by atoms with Crippen LogP contribution in [0.4, 0.5) is 11.6 Å². The van der Waals surface area contributed by atoms with Crippen LogP contribution in [0, 0.1) is 13.8 Å². The Morgan fingerprint density at radius 3 is 2.29 bits per heavy atom. The van der Waals surface area contributed by atoms with E-state index in [-0.39, 0.29) is 6.04 Å². The van der Waals surface area contributed by atoms with Gasteiger partial charge in [0.15, 0.2) is 0 Å². The van der Waals surface area contributed by atoms with Gasteiger partial charge in [-0.3, -0.25) is 0 Å². The maximum absolute atomic E-state index is 5.61. The molecular weight excluding hydrogens is 264 g/mol. The molecule has 1 atom stereocenters. The van der Waals surface area contributed by atoms with Crippen LogP contribution in [0.15, 0.2) is 16.8 Å². The molecule has 0 saturated heterocycles. The smallest absolute Gasteiger partial charge is 0.135 e. The highest BCUT2D eigenvalue weighted by molar-refractivity contribution is 5.59. The molecule has 5 heteroatoms. The van der Waals surface area contributed by atoms with Crippen LogP contribution in [0.2, 0.25) is 0 Å². The van der Waals surface area contributed by atoms with Crippen molar-refractivity contribution in [3.8, 4) is 0 Å². The van der Waals surface area contributed by atoms with Crippen LogP contribution in [-0.4, -0.2) is 17.0 Å². The summed E-state index contributed by atoms with van der Waals surface area (Å²) < 4.78 is 5.61. The minimum Gasteiger partial charge on any atom is -0.466 e. The van der Waals surface area contributed by atoms with Crippen LogP contribution in [-0.2, 0) is 0 Å². The van der Waals surface area contributed by atoms with Crippen molar-refractivity contribution in [1.29, 1.82) is 0 Å². The van der Waals surface area contributed by atoms with E-state index in [1.807, 2.05) is 20.9 Å². The van der Waals surface area contributed by atoms with Crippen LogP contribution in [0.25, 0.3) is 0 Å². The number of furan rings is 1. The maximum Gasteiger partial charge on any atom is 0.135 e. The van der Waals surface area contributed by atoms with Gasteiger partial charge in [-0.05, 0) is 32.8 Å². The Bertz CT molecular complexity index is 619. The van der Waals surface area contributed by atoms with Crippen molar-refractivity contribution in [1.82, 2.24) is 9.97 Å². The molecule has 0 spiro atoms. The minimum absolute atomic E-state index is 0.125. The lowest BCUT2D eigenvalue weighted by Gasteiger charge is -2.20. The van der Waals surface area contributed by atoms with Crippen LogP contribution < -0.4 is 10.6 Å². The van der Waals surface area contributed by atoms with Gasteiger partial charge in [-0.25, -0.2) is 9.97 Å². The number of aromatic nitrogens is 2. The van der Waals surface area contributed by atoms with E-state index in [0.29, 0.717) is 5.92 Å². The van der Waals surface area contributed by atoms with E-state index in [2.05, 4.69) is 47.4 Å². The van der Waals surface area contributed by atoms with E-state index < -0.39 is 0 Å². The summed E-state index contributed by atoms with van der Waals surface area (Å²) in [6.45, 7) is 10.4.